The van der Waals surface area contributed by atoms with E-state index in [0.29, 0.717) is 13.2 Å². The fourth-order valence-corrected chi connectivity index (χ4v) is 0.677. The van der Waals surface area contributed by atoms with Crippen molar-refractivity contribution in [1.82, 2.24) is 5.32 Å². The van der Waals surface area contributed by atoms with Gasteiger partial charge in [0, 0.05) is 6.54 Å². The summed E-state index contributed by atoms with van der Waals surface area (Å²) in [5, 5.41) is 4.00. The van der Waals surface area contributed by atoms with Crippen LogP contribution in [0.4, 0.5) is 0 Å². The molecule has 0 spiro atoms. The van der Waals surface area contributed by atoms with Gasteiger partial charge >= 0.3 is 0 Å². The molecule has 0 bridgehead atoms. The molecule has 1 radical (unpaired) electrons. The molecule has 0 N–H and O–H groups in total. The molecule has 0 amide bonds. The van der Waals surface area contributed by atoms with Crippen LogP contribution in [0.25, 0.3) is 0 Å². The summed E-state index contributed by atoms with van der Waals surface area (Å²) in [4.78, 5) is 0. The summed E-state index contributed by atoms with van der Waals surface area (Å²) >= 11 is 5.50. The molecule has 0 aromatic rings. The van der Waals surface area contributed by atoms with Crippen LogP contribution in [0.15, 0.2) is 0 Å². The third-order valence-electron chi connectivity index (χ3n) is 0.821. The second-order valence-corrected chi connectivity index (χ2v) is 1.90. The number of alkyl halides is 1. The lowest BCUT2D eigenvalue weighted by atomic mass is 10.5. The number of halogens is 1. The van der Waals surface area contributed by atoms with E-state index in [0.717, 1.165) is 6.54 Å². The molecule has 1 atom stereocenters. The zero-order chi connectivity index (χ0) is 5.11. The average Bonchev–Trinajstić information content (AvgIpc) is 1.69. The van der Waals surface area contributed by atoms with Crippen LogP contribution in [-0.2, 0) is 4.74 Å². The minimum absolute atomic E-state index is 0.159. The van der Waals surface area contributed by atoms with Gasteiger partial charge in [-0.2, -0.15) is 0 Å². The summed E-state index contributed by atoms with van der Waals surface area (Å²) in [7, 11) is 0. The minimum atomic E-state index is -0.159. The van der Waals surface area contributed by atoms with Crippen molar-refractivity contribution in [1.29, 1.82) is 0 Å². The lowest BCUT2D eigenvalue weighted by Gasteiger charge is -2.15. The minimum Gasteiger partial charge on any atom is -0.360 e. The van der Waals surface area contributed by atoms with E-state index < -0.39 is 0 Å². The van der Waals surface area contributed by atoms with Crippen molar-refractivity contribution in [2.45, 2.75) is 5.56 Å². The molecule has 0 aromatic heterocycles. The normalized spacial score (nSPS) is 33.0. The highest BCUT2D eigenvalue weighted by atomic mass is 35.5. The van der Waals surface area contributed by atoms with Crippen LogP contribution < -0.4 is 5.32 Å². The lowest BCUT2D eigenvalue weighted by Crippen LogP contribution is -2.30. The Labute approximate surface area is 47.8 Å². The highest BCUT2D eigenvalue weighted by Crippen LogP contribution is 1.99. The van der Waals surface area contributed by atoms with Gasteiger partial charge < -0.3 is 4.74 Å². The van der Waals surface area contributed by atoms with E-state index in [1.165, 1.54) is 0 Å². The SMILES string of the molecule is ClC1C[N]CCO1. The third-order valence-corrected chi connectivity index (χ3v) is 1.08. The Morgan fingerprint density at radius 1 is 1.71 bits per heavy atom. The molecule has 41 valence electrons. The van der Waals surface area contributed by atoms with Crippen LogP contribution in [0, 0.1) is 0 Å². The Hall–Kier alpha value is 0.210. The van der Waals surface area contributed by atoms with Gasteiger partial charge in [0.2, 0.25) is 0 Å². The largest absolute Gasteiger partial charge is 0.360 e. The topological polar surface area (TPSA) is 23.3 Å². The molecule has 1 fully saturated rings. The molecule has 3 heteroatoms. The quantitative estimate of drug-likeness (QED) is 0.419. The van der Waals surface area contributed by atoms with Gasteiger partial charge in [0.1, 0.15) is 5.56 Å². The molecule has 0 aliphatic carbocycles. The van der Waals surface area contributed by atoms with Crippen molar-refractivity contribution in [2.24, 2.45) is 0 Å². The molecule has 2 nitrogen and oxygen atoms in total. The molecule has 1 saturated heterocycles. The van der Waals surface area contributed by atoms with Crippen molar-refractivity contribution >= 4 is 11.6 Å². The van der Waals surface area contributed by atoms with E-state index in [4.69, 9.17) is 16.3 Å². The van der Waals surface area contributed by atoms with Gasteiger partial charge in [-0.25, -0.2) is 5.32 Å². The monoisotopic (exact) mass is 120 g/mol. The molecule has 1 heterocycles. The summed E-state index contributed by atoms with van der Waals surface area (Å²) in [5.41, 5.74) is -0.159. The highest BCUT2D eigenvalue weighted by molar-refractivity contribution is 6.19. The van der Waals surface area contributed by atoms with Gasteiger partial charge in [0.25, 0.3) is 0 Å². The average molecular weight is 121 g/mol. The number of nitrogens with zero attached hydrogens (tertiary/aromatic N) is 1. The van der Waals surface area contributed by atoms with Gasteiger partial charge in [-0.3, -0.25) is 0 Å². The third kappa shape index (κ3) is 1.63. The number of rotatable bonds is 0. The number of hydrogen-bond donors (Lipinski definition) is 0. The lowest BCUT2D eigenvalue weighted by molar-refractivity contribution is 0.0787. The Bertz CT molecular complexity index is 53.7. The van der Waals surface area contributed by atoms with Crippen molar-refractivity contribution < 1.29 is 4.74 Å². The Morgan fingerprint density at radius 3 is 2.86 bits per heavy atom. The summed E-state index contributed by atoms with van der Waals surface area (Å²) in [6.45, 7) is 2.15. The number of morpholine rings is 1. The summed E-state index contributed by atoms with van der Waals surface area (Å²) in [5.74, 6) is 0. The standard InChI is InChI=1S/C4H7ClNO/c5-4-3-6-1-2-7-4/h4H,1-3H2. The first kappa shape index (κ1) is 5.35. The van der Waals surface area contributed by atoms with Crippen LogP contribution >= 0.6 is 11.6 Å². The molecule has 0 saturated carbocycles. The Morgan fingerprint density at radius 2 is 2.57 bits per heavy atom. The summed E-state index contributed by atoms with van der Waals surface area (Å²) in [6, 6.07) is 0. The zero-order valence-electron chi connectivity index (χ0n) is 3.93. The first-order valence-corrected chi connectivity index (χ1v) is 2.72. The molecule has 1 unspecified atom stereocenters. The Balaban J connectivity index is 2.12. The summed E-state index contributed by atoms with van der Waals surface area (Å²) < 4.78 is 4.95. The maximum Gasteiger partial charge on any atom is 0.145 e. The molecule has 1 rings (SSSR count). The van der Waals surface area contributed by atoms with Crippen LogP contribution in [0.3, 0.4) is 0 Å². The zero-order valence-corrected chi connectivity index (χ0v) is 4.69. The highest BCUT2D eigenvalue weighted by Gasteiger charge is 2.08. The van der Waals surface area contributed by atoms with Crippen LogP contribution in [-0.4, -0.2) is 25.3 Å². The molecular weight excluding hydrogens is 114 g/mol. The molecule has 7 heavy (non-hydrogen) atoms. The maximum absolute atomic E-state index is 5.50. The molecule has 0 aromatic carbocycles. The Kier molecular flexibility index (Phi) is 1.91. The van der Waals surface area contributed by atoms with Gasteiger partial charge in [-0.05, 0) is 0 Å². The van der Waals surface area contributed by atoms with Crippen molar-refractivity contribution in [3.63, 3.8) is 0 Å². The van der Waals surface area contributed by atoms with Gasteiger partial charge in [0.05, 0.1) is 13.2 Å². The van der Waals surface area contributed by atoms with Crippen LogP contribution in [0.5, 0.6) is 0 Å². The molecular formula is C4H7ClNO. The van der Waals surface area contributed by atoms with E-state index in [9.17, 15) is 0 Å². The van der Waals surface area contributed by atoms with Crippen molar-refractivity contribution in [2.75, 3.05) is 19.7 Å². The predicted octanol–water partition coefficient (Wildman–Crippen LogP) is 0.186. The number of ether oxygens (including phenoxy) is 1. The first-order chi connectivity index (χ1) is 3.39. The molecule has 1 aliphatic heterocycles. The van der Waals surface area contributed by atoms with Gasteiger partial charge in [-0.1, -0.05) is 11.6 Å². The second kappa shape index (κ2) is 2.50. The van der Waals surface area contributed by atoms with Crippen LogP contribution in [0.2, 0.25) is 0 Å². The van der Waals surface area contributed by atoms with Crippen molar-refractivity contribution in [3.05, 3.63) is 0 Å². The van der Waals surface area contributed by atoms with E-state index in [2.05, 4.69) is 5.32 Å². The van der Waals surface area contributed by atoms with E-state index in [1.54, 1.807) is 0 Å². The van der Waals surface area contributed by atoms with Crippen LogP contribution in [0.1, 0.15) is 0 Å². The molecule has 1 aliphatic rings. The maximum atomic E-state index is 5.50. The fraction of sp³-hybridized carbons (Fsp3) is 1.00. The first-order valence-electron chi connectivity index (χ1n) is 2.28. The van der Waals surface area contributed by atoms with Gasteiger partial charge in [0.15, 0.2) is 0 Å². The summed E-state index contributed by atoms with van der Waals surface area (Å²) in [6.07, 6.45) is 0. The number of hydrogen-bond acceptors (Lipinski definition) is 1. The van der Waals surface area contributed by atoms with E-state index in [-0.39, 0.29) is 5.56 Å². The van der Waals surface area contributed by atoms with E-state index in [1.807, 2.05) is 0 Å². The van der Waals surface area contributed by atoms with Crippen molar-refractivity contribution in [3.8, 4) is 0 Å². The van der Waals surface area contributed by atoms with Gasteiger partial charge in [-0.15, -0.1) is 0 Å². The fourth-order valence-electron chi connectivity index (χ4n) is 0.491. The van der Waals surface area contributed by atoms with E-state index >= 15 is 0 Å². The predicted molar refractivity (Wildman–Crippen MR) is 27.5 cm³/mol. The smallest absolute Gasteiger partial charge is 0.145 e. The second-order valence-electron chi connectivity index (χ2n) is 1.41.